The largest absolute Gasteiger partial charge is 0.489 e. The maximum absolute atomic E-state index is 13.0. The number of nitrogens with one attached hydrogen (secondary N) is 1. The van der Waals surface area contributed by atoms with Gasteiger partial charge in [0, 0.05) is 24.2 Å². The Labute approximate surface area is 177 Å². The Kier molecular flexibility index (Phi) is 5.75. The first-order valence-corrected chi connectivity index (χ1v) is 9.72. The number of nitrogens with zero attached hydrogens (tertiary/aromatic N) is 2. The average Bonchev–Trinajstić information content (AvgIpc) is 2.77. The average molecular weight is 417 g/mol. The van der Waals surface area contributed by atoms with Gasteiger partial charge in [-0.15, -0.1) is 0 Å². The van der Waals surface area contributed by atoms with Crippen molar-refractivity contribution in [3.8, 4) is 5.75 Å². The third kappa shape index (κ3) is 4.78. The lowest BCUT2D eigenvalue weighted by Crippen LogP contribution is -2.24. The lowest BCUT2D eigenvalue weighted by molar-refractivity contribution is -0.115. The van der Waals surface area contributed by atoms with Gasteiger partial charge < -0.3 is 10.1 Å². The SMILES string of the molecule is Cn1nc(CC(=O)Nc2cccc(OCc3ccc(F)cc3)c2)c2ccccc2c1=O. The van der Waals surface area contributed by atoms with Crippen LogP contribution in [0.15, 0.2) is 77.6 Å². The predicted octanol–water partition coefficient (Wildman–Crippen LogP) is 3.83. The summed E-state index contributed by atoms with van der Waals surface area (Å²) in [5, 5.41) is 8.29. The number of hydrogen-bond acceptors (Lipinski definition) is 4. The molecule has 0 atom stereocenters. The van der Waals surface area contributed by atoms with E-state index in [1.807, 2.05) is 6.07 Å². The molecule has 156 valence electrons. The number of fused-ring (bicyclic) bond motifs is 1. The zero-order chi connectivity index (χ0) is 21.8. The number of hydrogen-bond donors (Lipinski definition) is 1. The molecule has 0 unspecified atom stereocenters. The highest BCUT2D eigenvalue weighted by Crippen LogP contribution is 2.20. The molecule has 1 aromatic heterocycles. The van der Waals surface area contributed by atoms with E-state index in [-0.39, 0.29) is 30.3 Å². The molecular formula is C24H20FN3O3. The molecule has 1 heterocycles. The molecule has 1 amide bonds. The van der Waals surface area contributed by atoms with Crippen LogP contribution < -0.4 is 15.6 Å². The summed E-state index contributed by atoms with van der Waals surface area (Å²) in [6.45, 7) is 0.283. The van der Waals surface area contributed by atoms with Gasteiger partial charge in [-0.05, 0) is 35.9 Å². The summed E-state index contributed by atoms with van der Waals surface area (Å²) in [5.74, 6) is 0.0222. The molecule has 0 aliphatic carbocycles. The maximum Gasteiger partial charge on any atom is 0.274 e. The van der Waals surface area contributed by atoms with E-state index in [0.717, 1.165) is 5.56 Å². The number of anilines is 1. The smallest absolute Gasteiger partial charge is 0.274 e. The molecule has 31 heavy (non-hydrogen) atoms. The van der Waals surface area contributed by atoms with Gasteiger partial charge in [0.25, 0.3) is 5.56 Å². The number of benzene rings is 3. The molecule has 3 aromatic carbocycles. The summed E-state index contributed by atoms with van der Waals surface area (Å²) in [6.07, 6.45) is 0.0231. The molecule has 0 spiro atoms. The molecule has 1 N–H and O–H groups in total. The van der Waals surface area contributed by atoms with Crippen LogP contribution in [0.3, 0.4) is 0 Å². The summed E-state index contributed by atoms with van der Waals surface area (Å²) in [5.41, 5.74) is 1.74. The highest BCUT2D eigenvalue weighted by atomic mass is 19.1. The van der Waals surface area contributed by atoms with Gasteiger partial charge in [-0.1, -0.05) is 36.4 Å². The molecule has 4 rings (SSSR count). The van der Waals surface area contributed by atoms with Crippen LogP contribution in [0.25, 0.3) is 10.8 Å². The lowest BCUT2D eigenvalue weighted by atomic mass is 10.1. The quantitative estimate of drug-likeness (QED) is 0.518. The second kappa shape index (κ2) is 8.79. The van der Waals surface area contributed by atoms with Crippen molar-refractivity contribution < 1.29 is 13.9 Å². The van der Waals surface area contributed by atoms with E-state index in [0.29, 0.717) is 27.9 Å². The van der Waals surface area contributed by atoms with E-state index in [9.17, 15) is 14.0 Å². The fourth-order valence-corrected chi connectivity index (χ4v) is 3.27. The van der Waals surface area contributed by atoms with E-state index >= 15 is 0 Å². The molecule has 0 aliphatic heterocycles. The number of amides is 1. The molecule has 0 bridgehead atoms. The minimum atomic E-state index is -0.297. The first kappa shape index (κ1) is 20.3. The summed E-state index contributed by atoms with van der Waals surface area (Å²) >= 11 is 0. The van der Waals surface area contributed by atoms with Crippen LogP contribution in [-0.2, 0) is 24.9 Å². The molecule has 0 aliphatic rings. The van der Waals surface area contributed by atoms with Gasteiger partial charge in [-0.3, -0.25) is 9.59 Å². The van der Waals surface area contributed by atoms with Gasteiger partial charge >= 0.3 is 0 Å². The zero-order valence-corrected chi connectivity index (χ0v) is 16.8. The van der Waals surface area contributed by atoms with E-state index in [2.05, 4.69) is 10.4 Å². The van der Waals surface area contributed by atoms with Gasteiger partial charge in [-0.2, -0.15) is 5.10 Å². The predicted molar refractivity (Wildman–Crippen MR) is 116 cm³/mol. The number of carbonyl (C=O) groups excluding carboxylic acids is 1. The normalized spacial score (nSPS) is 10.8. The lowest BCUT2D eigenvalue weighted by Gasteiger charge is -2.11. The van der Waals surface area contributed by atoms with Crippen LogP contribution in [0.1, 0.15) is 11.3 Å². The van der Waals surface area contributed by atoms with Crippen molar-refractivity contribution in [1.82, 2.24) is 9.78 Å². The van der Waals surface area contributed by atoms with E-state index in [1.165, 1.54) is 16.8 Å². The molecule has 0 radical (unpaired) electrons. The first-order valence-electron chi connectivity index (χ1n) is 9.72. The van der Waals surface area contributed by atoms with Crippen molar-refractivity contribution in [1.29, 1.82) is 0 Å². The Morgan fingerprint density at radius 3 is 2.55 bits per heavy atom. The van der Waals surface area contributed by atoms with E-state index < -0.39 is 0 Å². The Hall–Kier alpha value is -4.00. The molecule has 0 fully saturated rings. The van der Waals surface area contributed by atoms with Crippen LogP contribution in [-0.4, -0.2) is 15.7 Å². The Morgan fingerprint density at radius 1 is 1.03 bits per heavy atom. The summed E-state index contributed by atoms with van der Waals surface area (Å²) in [6, 6.07) is 20.2. The van der Waals surface area contributed by atoms with Crippen LogP contribution in [0.2, 0.25) is 0 Å². The van der Waals surface area contributed by atoms with Crippen LogP contribution >= 0.6 is 0 Å². The van der Waals surface area contributed by atoms with Gasteiger partial charge in [0.2, 0.25) is 5.91 Å². The van der Waals surface area contributed by atoms with Crippen LogP contribution in [0.5, 0.6) is 5.75 Å². The second-order valence-corrected chi connectivity index (χ2v) is 7.09. The number of aromatic nitrogens is 2. The highest BCUT2D eigenvalue weighted by Gasteiger charge is 2.13. The van der Waals surface area contributed by atoms with Crippen molar-refractivity contribution in [3.63, 3.8) is 0 Å². The fraction of sp³-hybridized carbons (Fsp3) is 0.125. The standard InChI is InChI=1S/C24H20FN3O3/c1-28-24(30)21-8-3-2-7-20(21)22(27-28)14-23(29)26-18-5-4-6-19(13-18)31-15-16-9-11-17(25)12-10-16/h2-13H,14-15H2,1H3,(H,26,29). The van der Waals surface area contributed by atoms with Crippen molar-refractivity contribution in [2.45, 2.75) is 13.0 Å². The van der Waals surface area contributed by atoms with Crippen LogP contribution in [0, 0.1) is 5.82 Å². The number of aryl methyl sites for hydroxylation is 1. The summed E-state index contributed by atoms with van der Waals surface area (Å²) in [7, 11) is 1.57. The van der Waals surface area contributed by atoms with Crippen LogP contribution in [0.4, 0.5) is 10.1 Å². The van der Waals surface area contributed by atoms with Crippen molar-refractivity contribution in [2.24, 2.45) is 7.05 Å². The minimum absolute atomic E-state index is 0.0231. The molecule has 4 aromatic rings. The van der Waals surface area contributed by atoms with Crippen molar-refractivity contribution in [2.75, 3.05) is 5.32 Å². The molecule has 6 nitrogen and oxygen atoms in total. The maximum atomic E-state index is 13.0. The fourth-order valence-electron chi connectivity index (χ4n) is 3.27. The molecule has 0 saturated carbocycles. The Bertz CT molecular complexity index is 1300. The third-order valence-electron chi connectivity index (χ3n) is 4.80. The number of halogens is 1. The monoisotopic (exact) mass is 417 g/mol. The number of rotatable bonds is 6. The molecular weight excluding hydrogens is 397 g/mol. The molecule has 0 saturated heterocycles. The summed E-state index contributed by atoms with van der Waals surface area (Å²) < 4.78 is 20.0. The Morgan fingerprint density at radius 2 is 1.77 bits per heavy atom. The zero-order valence-electron chi connectivity index (χ0n) is 16.8. The van der Waals surface area contributed by atoms with E-state index in [1.54, 1.807) is 61.6 Å². The molecule has 7 heteroatoms. The minimum Gasteiger partial charge on any atom is -0.489 e. The van der Waals surface area contributed by atoms with Gasteiger partial charge in [0.15, 0.2) is 0 Å². The summed E-state index contributed by atoms with van der Waals surface area (Å²) in [4.78, 5) is 24.9. The van der Waals surface area contributed by atoms with Crippen molar-refractivity contribution >= 4 is 22.4 Å². The number of ether oxygens (including phenoxy) is 1. The van der Waals surface area contributed by atoms with Gasteiger partial charge in [-0.25, -0.2) is 9.07 Å². The van der Waals surface area contributed by atoms with Crippen molar-refractivity contribution in [3.05, 3.63) is 100 Å². The Balaban J connectivity index is 1.45. The topological polar surface area (TPSA) is 73.2 Å². The first-order chi connectivity index (χ1) is 15.0. The van der Waals surface area contributed by atoms with Gasteiger partial charge in [0.05, 0.1) is 17.5 Å². The number of carbonyl (C=O) groups is 1. The van der Waals surface area contributed by atoms with E-state index in [4.69, 9.17) is 4.74 Å². The highest BCUT2D eigenvalue weighted by molar-refractivity contribution is 5.95. The van der Waals surface area contributed by atoms with Gasteiger partial charge in [0.1, 0.15) is 18.2 Å². The third-order valence-corrected chi connectivity index (χ3v) is 4.80. The second-order valence-electron chi connectivity index (χ2n) is 7.09.